The Kier molecular flexibility index (Phi) is 4.06. The minimum absolute atomic E-state index is 0.306. The second-order valence-corrected chi connectivity index (χ2v) is 8.65. The topological polar surface area (TPSA) is 104 Å². The van der Waals surface area contributed by atoms with Gasteiger partial charge in [-0.3, -0.25) is 4.98 Å². The first-order valence-electron chi connectivity index (χ1n) is 10.7. The summed E-state index contributed by atoms with van der Waals surface area (Å²) in [5.41, 5.74) is 6.23. The maximum absolute atomic E-state index is 6.31. The van der Waals surface area contributed by atoms with Crippen LogP contribution in [-0.2, 0) is 6.61 Å². The number of pyridine rings is 1. The summed E-state index contributed by atoms with van der Waals surface area (Å²) in [4.78, 5) is 8.93. The van der Waals surface area contributed by atoms with Crippen LogP contribution < -0.4 is 4.74 Å². The number of aryl methyl sites for hydroxylation is 3. The van der Waals surface area contributed by atoms with Crippen molar-refractivity contribution >= 4 is 5.65 Å². The van der Waals surface area contributed by atoms with Gasteiger partial charge in [0.25, 0.3) is 5.89 Å². The monoisotopic (exact) mass is 417 g/mol. The van der Waals surface area contributed by atoms with Gasteiger partial charge in [0.05, 0.1) is 5.69 Å². The summed E-state index contributed by atoms with van der Waals surface area (Å²) < 4.78 is 13.4. The largest absolute Gasteiger partial charge is 0.470 e. The molecule has 0 N–H and O–H groups in total. The minimum atomic E-state index is 0.306. The normalized spacial score (nSPS) is 19.7. The molecule has 7 rings (SSSR count). The molecule has 0 aromatic carbocycles. The zero-order valence-corrected chi connectivity index (χ0v) is 17.8. The number of nitrogens with zero attached hydrogens (tertiary/aromatic N) is 7. The van der Waals surface area contributed by atoms with E-state index in [2.05, 4.69) is 44.4 Å². The molecule has 31 heavy (non-hydrogen) atoms. The lowest BCUT2D eigenvalue weighted by Gasteiger charge is -2.38. The third kappa shape index (κ3) is 2.98. The van der Waals surface area contributed by atoms with Crippen LogP contribution in [0.3, 0.4) is 0 Å². The average Bonchev–Trinajstić information content (AvgIpc) is 3.38. The summed E-state index contributed by atoms with van der Waals surface area (Å²) in [5.74, 6) is 2.82. The molecule has 1 saturated carbocycles. The van der Waals surface area contributed by atoms with Crippen LogP contribution in [-0.4, -0.2) is 34.9 Å². The van der Waals surface area contributed by atoms with Gasteiger partial charge in [0.15, 0.2) is 11.5 Å². The predicted octanol–water partition coefficient (Wildman–Crippen LogP) is 3.83. The molecular formula is C22H23N7O2. The Bertz CT molecular complexity index is 1280. The Hall–Kier alpha value is -3.36. The van der Waals surface area contributed by atoms with Crippen LogP contribution in [0.1, 0.15) is 71.4 Å². The van der Waals surface area contributed by atoms with Gasteiger partial charge in [0.1, 0.15) is 6.61 Å². The molecule has 3 aliphatic carbocycles. The molecule has 4 aromatic heterocycles. The quantitative estimate of drug-likeness (QED) is 0.493. The first-order chi connectivity index (χ1) is 15.1. The van der Waals surface area contributed by atoms with E-state index < -0.39 is 0 Å². The van der Waals surface area contributed by atoms with E-state index in [-0.39, 0.29) is 0 Å². The number of fused-ring (bicyclic) bond motifs is 3. The third-order valence-corrected chi connectivity index (χ3v) is 6.36. The highest BCUT2D eigenvalue weighted by atomic mass is 16.5. The van der Waals surface area contributed by atoms with Gasteiger partial charge in [-0.1, -0.05) is 5.16 Å². The zero-order chi connectivity index (χ0) is 21.1. The van der Waals surface area contributed by atoms with E-state index >= 15 is 0 Å². The molecular weight excluding hydrogens is 394 g/mol. The van der Waals surface area contributed by atoms with Crippen molar-refractivity contribution in [2.75, 3.05) is 0 Å². The van der Waals surface area contributed by atoms with Gasteiger partial charge in [-0.15, -0.1) is 15.3 Å². The molecule has 9 nitrogen and oxygen atoms in total. The molecule has 1 fully saturated rings. The fraction of sp³-hybridized carbons (Fsp3) is 0.455. The van der Waals surface area contributed by atoms with Crippen LogP contribution in [0.2, 0.25) is 0 Å². The lowest BCUT2D eigenvalue weighted by Crippen LogP contribution is -2.25. The van der Waals surface area contributed by atoms with E-state index in [0.717, 1.165) is 42.7 Å². The zero-order valence-electron chi connectivity index (χ0n) is 17.8. The first kappa shape index (κ1) is 18.4. The van der Waals surface area contributed by atoms with Crippen LogP contribution in [0.4, 0.5) is 0 Å². The average molecular weight is 417 g/mol. The molecule has 0 radical (unpaired) electrons. The second kappa shape index (κ2) is 6.83. The van der Waals surface area contributed by atoms with E-state index in [4.69, 9.17) is 14.4 Å². The van der Waals surface area contributed by atoms with E-state index in [1.807, 2.05) is 6.92 Å². The van der Waals surface area contributed by atoms with Crippen molar-refractivity contribution in [3.8, 4) is 17.6 Å². The summed E-state index contributed by atoms with van der Waals surface area (Å²) in [7, 11) is 0. The van der Waals surface area contributed by atoms with E-state index in [1.54, 1.807) is 11.4 Å². The molecule has 4 aromatic rings. The van der Waals surface area contributed by atoms with Gasteiger partial charge in [-0.05, 0) is 76.0 Å². The van der Waals surface area contributed by atoms with Crippen molar-refractivity contribution in [3.05, 3.63) is 46.0 Å². The van der Waals surface area contributed by atoms with E-state index in [9.17, 15) is 0 Å². The van der Waals surface area contributed by atoms with E-state index in [0.29, 0.717) is 41.9 Å². The highest BCUT2D eigenvalue weighted by molar-refractivity contribution is 5.62. The SMILES string of the molecule is Cc1cc(C)nc(COc2nn3c(-c4nc(C)no4)nnc3c3c2C2CCC3CC2)c1. The maximum atomic E-state index is 6.31. The van der Waals surface area contributed by atoms with Crippen LogP contribution in [0.15, 0.2) is 16.7 Å². The van der Waals surface area contributed by atoms with Crippen LogP contribution >= 0.6 is 0 Å². The molecule has 3 aliphatic rings. The summed E-state index contributed by atoms with van der Waals surface area (Å²) in [6.07, 6.45) is 4.66. The fourth-order valence-electron chi connectivity index (χ4n) is 5.16. The molecule has 0 saturated heterocycles. The van der Waals surface area contributed by atoms with Crippen LogP contribution in [0, 0.1) is 20.8 Å². The number of aromatic nitrogens is 7. The third-order valence-electron chi connectivity index (χ3n) is 6.36. The molecule has 158 valence electrons. The standard InChI is InChI=1S/C22H23N7O2/c1-11-8-12(2)23-16(9-11)10-30-21-18-15-6-4-14(5-7-15)17(18)19-25-26-20(29(19)27-21)22-24-13(3)28-31-22/h8-9,14-15H,4-7,10H2,1-3H3. The van der Waals surface area contributed by atoms with Crippen molar-refractivity contribution in [3.63, 3.8) is 0 Å². The van der Waals surface area contributed by atoms with Crippen molar-refractivity contribution in [2.45, 2.75) is 64.9 Å². The molecule has 0 unspecified atom stereocenters. The lowest BCUT2D eigenvalue weighted by atomic mass is 9.67. The Labute approximate surface area is 178 Å². The number of ether oxygens (including phenoxy) is 1. The second-order valence-electron chi connectivity index (χ2n) is 8.65. The summed E-state index contributed by atoms with van der Waals surface area (Å²) in [5, 5.41) is 17.5. The minimum Gasteiger partial charge on any atom is -0.470 e. The smallest absolute Gasteiger partial charge is 0.297 e. The van der Waals surface area contributed by atoms with Crippen LogP contribution in [0.25, 0.3) is 17.4 Å². The molecule has 0 aliphatic heterocycles. The van der Waals surface area contributed by atoms with Gasteiger partial charge in [0, 0.05) is 16.8 Å². The fourth-order valence-corrected chi connectivity index (χ4v) is 5.16. The van der Waals surface area contributed by atoms with Crippen molar-refractivity contribution in [1.29, 1.82) is 0 Å². The first-order valence-corrected chi connectivity index (χ1v) is 10.7. The molecule has 0 atom stereocenters. The van der Waals surface area contributed by atoms with Gasteiger partial charge >= 0.3 is 0 Å². The maximum Gasteiger partial charge on any atom is 0.297 e. The summed E-state index contributed by atoms with van der Waals surface area (Å²) in [6, 6.07) is 4.11. The highest BCUT2D eigenvalue weighted by Gasteiger charge is 2.39. The number of rotatable bonds is 4. The molecule has 9 heteroatoms. The molecule has 2 bridgehead atoms. The van der Waals surface area contributed by atoms with Crippen molar-refractivity contribution in [2.24, 2.45) is 0 Å². The van der Waals surface area contributed by atoms with Gasteiger partial charge < -0.3 is 9.26 Å². The Morgan fingerprint density at radius 2 is 1.77 bits per heavy atom. The highest BCUT2D eigenvalue weighted by Crippen LogP contribution is 2.53. The Morgan fingerprint density at radius 3 is 2.48 bits per heavy atom. The summed E-state index contributed by atoms with van der Waals surface area (Å²) >= 11 is 0. The van der Waals surface area contributed by atoms with E-state index in [1.165, 1.54) is 16.7 Å². The number of hydrogen-bond acceptors (Lipinski definition) is 8. The molecule has 0 spiro atoms. The van der Waals surface area contributed by atoms with Gasteiger partial charge in [0.2, 0.25) is 11.7 Å². The van der Waals surface area contributed by atoms with Crippen molar-refractivity contribution < 1.29 is 9.26 Å². The Balaban J connectivity index is 1.49. The van der Waals surface area contributed by atoms with Gasteiger partial charge in [-0.2, -0.15) is 9.50 Å². The molecule has 4 heterocycles. The van der Waals surface area contributed by atoms with Crippen LogP contribution in [0.5, 0.6) is 5.88 Å². The molecule has 0 amide bonds. The van der Waals surface area contributed by atoms with Gasteiger partial charge in [-0.25, -0.2) is 0 Å². The summed E-state index contributed by atoms with van der Waals surface area (Å²) in [6.45, 7) is 6.20. The van der Waals surface area contributed by atoms with Crippen molar-refractivity contribution in [1.82, 2.24) is 34.9 Å². The lowest BCUT2D eigenvalue weighted by molar-refractivity contribution is 0.264. The Morgan fingerprint density at radius 1 is 1.00 bits per heavy atom. The number of hydrogen-bond donors (Lipinski definition) is 0. The predicted molar refractivity (Wildman–Crippen MR) is 111 cm³/mol.